The van der Waals surface area contributed by atoms with Gasteiger partial charge in [-0.05, 0) is 32.2 Å². The number of hydrogen-bond acceptors (Lipinski definition) is 3. The molecule has 1 rings (SSSR count). The number of amides is 1. The molecule has 1 saturated heterocycles. The number of aliphatic hydroxyl groups excluding tert-OH is 1. The SMILES string of the molecule is CCC(O)CNC(=O)CCC1CCCCN1. The molecule has 0 aliphatic carbocycles. The predicted molar refractivity (Wildman–Crippen MR) is 64.2 cm³/mol. The van der Waals surface area contributed by atoms with Gasteiger partial charge in [-0.1, -0.05) is 13.3 Å². The summed E-state index contributed by atoms with van der Waals surface area (Å²) in [4.78, 5) is 11.5. The minimum atomic E-state index is -0.406. The van der Waals surface area contributed by atoms with Crippen molar-refractivity contribution in [2.45, 2.75) is 57.6 Å². The van der Waals surface area contributed by atoms with Gasteiger partial charge in [-0.2, -0.15) is 0 Å². The van der Waals surface area contributed by atoms with Crippen LogP contribution >= 0.6 is 0 Å². The zero-order valence-electron chi connectivity index (χ0n) is 10.2. The van der Waals surface area contributed by atoms with E-state index in [0.29, 0.717) is 25.4 Å². The predicted octanol–water partition coefficient (Wildman–Crippen LogP) is 0.796. The van der Waals surface area contributed by atoms with Crippen molar-refractivity contribution in [1.29, 1.82) is 0 Å². The summed E-state index contributed by atoms with van der Waals surface area (Å²) < 4.78 is 0. The van der Waals surface area contributed by atoms with Gasteiger partial charge in [0.05, 0.1) is 6.10 Å². The third-order valence-corrected chi connectivity index (χ3v) is 3.14. The van der Waals surface area contributed by atoms with Gasteiger partial charge in [-0.25, -0.2) is 0 Å². The van der Waals surface area contributed by atoms with E-state index in [1.807, 2.05) is 6.92 Å². The summed E-state index contributed by atoms with van der Waals surface area (Å²) in [5.74, 6) is 0.0554. The minimum Gasteiger partial charge on any atom is -0.391 e. The van der Waals surface area contributed by atoms with Crippen LogP contribution < -0.4 is 10.6 Å². The van der Waals surface area contributed by atoms with E-state index in [4.69, 9.17) is 0 Å². The van der Waals surface area contributed by atoms with Crippen molar-refractivity contribution in [3.05, 3.63) is 0 Å². The fraction of sp³-hybridized carbons (Fsp3) is 0.917. The van der Waals surface area contributed by atoms with Crippen molar-refractivity contribution < 1.29 is 9.90 Å². The maximum atomic E-state index is 11.5. The van der Waals surface area contributed by atoms with Crippen molar-refractivity contribution in [3.63, 3.8) is 0 Å². The van der Waals surface area contributed by atoms with Gasteiger partial charge in [0.1, 0.15) is 0 Å². The van der Waals surface area contributed by atoms with Crippen LogP contribution in [0.5, 0.6) is 0 Å². The van der Waals surface area contributed by atoms with Gasteiger partial charge < -0.3 is 15.7 Å². The molecule has 2 unspecified atom stereocenters. The smallest absolute Gasteiger partial charge is 0.220 e. The third kappa shape index (κ3) is 5.47. The van der Waals surface area contributed by atoms with E-state index >= 15 is 0 Å². The van der Waals surface area contributed by atoms with Gasteiger partial charge in [0.25, 0.3) is 0 Å². The molecule has 0 saturated carbocycles. The Morgan fingerprint density at radius 2 is 2.38 bits per heavy atom. The second-order valence-electron chi connectivity index (χ2n) is 4.55. The second kappa shape index (κ2) is 7.63. The molecular formula is C12H24N2O2. The fourth-order valence-corrected chi connectivity index (χ4v) is 1.94. The Kier molecular flexibility index (Phi) is 6.42. The van der Waals surface area contributed by atoms with Crippen LogP contribution in [0, 0.1) is 0 Å². The van der Waals surface area contributed by atoms with Crippen LogP contribution in [0.2, 0.25) is 0 Å². The molecule has 1 amide bonds. The normalized spacial score (nSPS) is 22.8. The van der Waals surface area contributed by atoms with E-state index in [1.165, 1.54) is 19.3 Å². The average Bonchev–Trinajstić information content (AvgIpc) is 2.34. The molecule has 0 aromatic carbocycles. The van der Waals surface area contributed by atoms with Crippen molar-refractivity contribution in [1.82, 2.24) is 10.6 Å². The van der Waals surface area contributed by atoms with Gasteiger partial charge in [0, 0.05) is 19.0 Å². The average molecular weight is 228 g/mol. The van der Waals surface area contributed by atoms with Crippen molar-refractivity contribution in [3.8, 4) is 0 Å². The number of carbonyl (C=O) groups excluding carboxylic acids is 1. The number of hydrogen-bond donors (Lipinski definition) is 3. The number of rotatable bonds is 6. The third-order valence-electron chi connectivity index (χ3n) is 3.14. The largest absolute Gasteiger partial charge is 0.391 e. The van der Waals surface area contributed by atoms with E-state index in [0.717, 1.165) is 13.0 Å². The molecule has 3 N–H and O–H groups in total. The highest BCUT2D eigenvalue weighted by Gasteiger charge is 2.14. The van der Waals surface area contributed by atoms with Crippen molar-refractivity contribution in [2.24, 2.45) is 0 Å². The van der Waals surface area contributed by atoms with Crippen LogP contribution in [-0.4, -0.2) is 36.2 Å². The highest BCUT2D eigenvalue weighted by atomic mass is 16.3. The summed E-state index contributed by atoms with van der Waals surface area (Å²) in [5, 5.41) is 15.5. The molecule has 94 valence electrons. The maximum Gasteiger partial charge on any atom is 0.220 e. The van der Waals surface area contributed by atoms with Crippen LogP contribution in [0.25, 0.3) is 0 Å². The molecule has 1 aliphatic heterocycles. The van der Waals surface area contributed by atoms with E-state index in [2.05, 4.69) is 10.6 Å². The maximum absolute atomic E-state index is 11.5. The first-order valence-electron chi connectivity index (χ1n) is 6.40. The van der Waals surface area contributed by atoms with E-state index in [9.17, 15) is 9.90 Å². The molecule has 2 atom stereocenters. The lowest BCUT2D eigenvalue weighted by Crippen LogP contribution is -2.36. The first-order chi connectivity index (χ1) is 7.72. The molecule has 0 radical (unpaired) electrons. The molecule has 16 heavy (non-hydrogen) atoms. The first-order valence-corrected chi connectivity index (χ1v) is 6.40. The Hall–Kier alpha value is -0.610. The Morgan fingerprint density at radius 1 is 1.56 bits per heavy atom. The summed E-state index contributed by atoms with van der Waals surface area (Å²) in [6, 6.07) is 0.510. The molecule has 0 spiro atoms. The van der Waals surface area contributed by atoms with Crippen molar-refractivity contribution in [2.75, 3.05) is 13.1 Å². The number of nitrogens with one attached hydrogen (secondary N) is 2. The lowest BCUT2D eigenvalue weighted by molar-refractivity contribution is -0.121. The standard InChI is InChI=1S/C12H24N2O2/c1-2-11(15)9-14-12(16)7-6-10-5-3-4-8-13-10/h10-11,13,15H,2-9H2,1H3,(H,14,16). The van der Waals surface area contributed by atoms with Gasteiger partial charge in [-0.15, -0.1) is 0 Å². The summed E-state index contributed by atoms with van der Waals surface area (Å²) in [6.45, 7) is 3.37. The van der Waals surface area contributed by atoms with Crippen LogP contribution in [-0.2, 0) is 4.79 Å². The molecule has 0 bridgehead atoms. The molecule has 1 fully saturated rings. The number of carbonyl (C=O) groups is 1. The van der Waals surface area contributed by atoms with Crippen LogP contribution in [0.15, 0.2) is 0 Å². The molecule has 0 aromatic heterocycles. The highest BCUT2D eigenvalue weighted by molar-refractivity contribution is 5.75. The summed E-state index contributed by atoms with van der Waals surface area (Å²) in [6.07, 6.45) is 5.47. The van der Waals surface area contributed by atoms with Crippen LogP contribution in [0.3, 0.4) is 0 Å². The Balaban J connectivity index is 2.05. The summed E-state index contributed by atoms with van der Waals surface area (Å²) in [5.41, 5.74) is 0. The summed E-state index contributed by atoms with van der Waals surface area (Å²) in [7, 11) is 0. The quantitative estimate of drug-likeness (QED) is 0.630. The van der Waals surface area contributed by atoms with Crippen LogP contribution in [0.4, 0.5) is 0 Å². The van der Waals surface area contributed by atoms with E-state index in [1.54, 1.807) is 0 Å². The van der Waals surface area contributed by atoms with E-state index < -0.39 is 6.10 Å². The Bertz CT molecular complexity index is 203. The molecule has 4 nitrogen and oxygen atoms in total. The molecule has 4 heteroatoms. The van der Waals surface area contributed by atoms with Crippen LogP contribution in [0.1, 0.15) is 45.4 Å². The van der Waals surface area contributed by atoms with Gasteiger partial charge >= 0.3 is 0 Å². The number of piperidine rings is 1. The highest BCUT2D eigenvalue weighted by Crippen LogP contribution is 2.11. The lowest BCUT2D eigenvalue weighted by Gasteiger charge is -2.23. The van der Waals surface area contributed by atoms with Gasteiger partial charge in [-0.3, -0.25) is 4.79 Å². The monoisotopic (exact) mass is 228 g/mol. The molecule has 1 aliphatic rings. The molecular weight excluding hydrogens is 204 g/mol. The van der Waals surface area contributed by atoms with Crippen molar-refractivity contribution >= 4 is 5.91 Å². The first kappa shape index (κ1) is 13.5. The lowest BCUT2D eigenvalue weighted by atomic mass is 10.0. The summed E-state index contributed by atoms with van der Waals surface area (Å²) >= 11 is 0. The van der Waals surface area contributed by atoms with Gasteiger partial charge in [0.15, 0.2) is 0 Å². The van der Waals surface area contributed by atoms with E-state index in [-0.39, 0.29) is 5.91 Å². The molecule has 1 heterocycles. The fourth-order valence-electron chi connectivity index (χ4n) is 1.94. The minimum absolute atomic E-state index is 0.0554. The Labute approximate surface area is 97.8 Å². The zero-order chi connectivity index (χ0) is 11.8. The zero-order valence-corrected chi connectivity index (χ0v) is 10.2. The second-order valence-corrected chi connectivity index (χ2v) is 4.55. The van der Waals surface area contributed by atoms with Gasteiger partial charge in [0.2, 0.25) is 5.91 Å². The number of aliphatic hydroxyl groups is 1. The molecule has 0 aromatic rings. The Morgan fingerprint density at radius 3 is 3.00 bits per heavy atom. The topological polar surface area (TPSA) is 61.4 Å².